The van der Waals surface area contributed by atoms with Crippen LogP contribution in [0.5, 0.6) is 0 Å². The van der Waals surface area contributed by atoms with E-state index in [-0.39, 0.29) is 18.5 Å². The molecule has 0 aliphatic heterocycles. The molecule has 1 unspecified atom stereocenters. The highest BCUT2D eigenvalue weighted by atomic mass is 16.4. The maximum Gasteiger partial charge on any atom is 0.308 e. The Morgan fingerprint density at radius 2 is 1.95 bits per heavy atom. The van der Waals surface area contributed by atoms with Gasteiger partial charge in [-0.2, -0.15) is 0 Å². The lowest BCUT2D eigenvalue weighted by atomic mass is 10.0. The Morgan fingerprint density at radius 1 is 1.30 bits per heavy atom. The van der Waals surface area contributed by atoms with Gasteiger partial charge in [0.15, 0.2) is 0 Å². The minimum absolute atomic E-state index is 0.0521. The van der Waals surface area contributed by atoms with E-state index in [4.69, 9.17) is 5.11 Å². The molecule has 1 fully saturated rings. The number of aliphatic carboxylic acids is 1. The molecule has 1 aromatic rings. The molecule has 1 N–H and O–H groups in total. The van der Waals surface area contributed by atoms with Crippen molar-refractivity contribution < 1.29 is 14.7 Å². The summed E-state index contributed by atoms with van der Waals surface area (Å²) in [5.41, 5.74) is 2.88. The molecule has 1 aliphatic rings. The van der Waals surface area contributed by atoms with Gasteiger partial charge in [0.05, 0.1) is 5.92 Å². The van der Waals surface area contributed by atoms with Crippen LogP contribution in [0.1, 0.15) is 41.3 Å². The maximum absolute atomic E-state index is 12.6. The van der Waals surface area contributed by atoms with Crippen molar-refractivity contribution in [1.29, 1.82) is 0 Å². The minimum atomic E-state index is -0.858. The first-order valence-corrected chi connectivity index (χ1v) is 7.01. The fourth-order valence-electron chi connectivity index (χ4n) is 2.20. The van der Waals surface area contributed by atoms with Crippen molar-refractivity contribution in [2.75, 3.05) is 6.54 Å². The molecule has 1 atom stereocenters. The Bertz CT molecular complexity index is 535. The van der Waals surface area contributed by atoms with E-state index >= 15 is 0 Å². The van der Waals surface area contributed by atoms with Crippen LogP contribution < -0.4 is 0 Å². The number of carboxylic acids is 1. The molecule has 0 saturated heterocycles. The summed E-state index contributed by atoms with van der Waals surface area (Å²) in [5.74, 6) is -1.45. The van der Waals surface area contributed by atoms with Crippen LogP contribution in [0, 0.1) is 19.8 Å². The second-order valence-electron chi connectivity index (χ2n) is 5.73. The smallest absolute Gasteiger partial charge is 0.308 e. The monoisotopic (exact) mass is 275 g/mol. The van der Waals surface area contributed by atoms with Gasteiger partial charge in [0.1, 0.15) is 0 Å². The van der Waals surface area contributed by atoms with Crippen LogP contribution in [0.25, 0.3) is 0 Å². The lowest BCUT2D eigenvalue weighted by Crippen LogP contribution is -2.38. The summed E-state index contributed by atoms with van der Waals surface area (Å²) in [4.78, 5) is 25.3. The zero-order chi connectivity index (χ0) is 14.9. The number of carboxylic acid groups (broad SMARTS) is 1. The van der Waals surface area contributed by atoms with E-state index in [1.807, 2.05) is 32.0 Å². The predicted molar refractivity (Wildman–Crippen MR) is 76.8 cm³/mol. The first-order chi connectivity index (χ1) is 9.40. The highest BCUT2D eigenvalue weighted by Crippen LogP contribution is 2.29. The molecule has 0 bridgehead atoms. The van der Waals surface area contributed by atoms with Crippen molar-refractivity contribution in [2.45, 2.75) is 39.7 Å². The van der Waals surface area contributed by atoms with E-state index in [1.165, 1.54) is 0 Å². The van der Waals surface area contributed by atoms with E-state index < -0.39 is 11.9 Å². The number of nitrogens with zero attached hydrogens (tertiary/aromatic N) is 1. The van der Waals surface area contributed by atoms with Crippen LogP contribution in [0.2, 0.25) is 0 Å². The van der Waals surface area contributed by atoms with E-state index in [0.717, 1.165) is 24.0 Å². The summed E-state index contributed by atoms with van der Waals surface area (Å²) in [6.07, 6.45) is 1.95. The molecule has 1 aromatic carbocycles. The molecule has 108 valence electrons. The van der Waals surface area contributed by atoms with Crippen molar-refractivity contribution in [3.63, 3.8) is 0 Å². The first kappa shape index (κ1) is 14.6. The van der Waals surface area contributed by atoms with Crippen LogP contribution in [0.4, 0.5) is 0 Å². The van der Waals surface area contributed by atoms with Gasteiger partial charge in [-0.05, 0) is 49.9 Å². The van der Waals surface area contributed by atoms with E-state index in [1.54, 1.807) is 11.8 Å². The maximum atomic E-state index is 12.6. The summed E-state index contributed by atoms with van der Waals surface area (Å²) < 4.78 is 0. The van der Waals surface area contributed by atoms with Crippen molar-refractivity contribution in [3.8, 4) is 0 Å². The van der Waals surface area contributed by atoms with Crippen LogP contribution >= 0.6 is 0 Å². The quantitative estimate of drug-likeness (QED) is 0.898. The van der Waals surface area contributed by atoms with Crippen molar-refractivity contribution in [1.82, 2.24) is 4.90 Å². The minimum Gasteiger partial charge on any atom is -0.481 e. The molecule has 1 saturated carbocycles. The third-order valence-electron chi connectivity index (χ3n) is 3.89. The Hall–Kier alpha value is -1.84. The standard InChI is InChI=1S/C16H21NO3/c1-10-4-5-13(8-11(10)2)15(18)17(14-6-7-14)9-12(3)16(19)20/h4-5,8,12,14H,6-7,9H2,1-3H3,(H,19,20). The summed E-state index contributed by atoms with van der Waals surface area (Å²) in [6, 6.07) is 5.86. The van der Waals surface area contributed by atoms with Gasteiger partial charge in [-0.1, -0.05) is 13.0 Å². The molecule has 0 radical (unpaired) electrons. The molecule has 0 heterocycles. The molecular weight excluding hydrogens is 254 g/mol. The summed E-state index contributed by atoms with van der Waals surface area (Å²) in [5, 5.41) is 9.03. The van der Waals surface area contributed by atoms with E-state index in [2.05, 4.69) is 0 Å². The third kappa shape index (κ3) is 3.18. The molecule has 1 aliphatic carbocycles. The second-order valence-corrected chi connectivity index (χ2v) is 5.73. The molecule has 2 rings (SSSR count). The van der Waals surface area contributed by atoms with Gasteiger partial charge >= 0.3 is 5.97 Å². The highest BCUT2D eigenvalue weighted by Gasteiger charge is 2.34. The lowest BCUT2D eigenvalue weighted by Gasteiger charge is -2.24. The van der Waals surface area contributed by atoms with Crippen LogP contribution in [0.3, 0.4) is 0 Å². The van der Waals surface area contributed by atoms with Gasteiger partial charge in [0.2, 0.25) is 0 Å². The van der Waals surface area contributed by atoms with Gasteiger partial charge in [0, 0.05) is 18.2 Å². The van der Waals surface area contributed by atoms with E-state index in [9.17, 15) is 9.59 Å². The number of hydrogen-bond acceptors (Lipinski definition) is 2. The van der Waals surface area contributed by atoms with Crippen LogP contribution in [-0.4, -0.2) is 34.5 Å². The number of aryl methyl sites for hydroxylation is 2. The van der Waals surface area contributed by atoms with Gasteiger partial charge < -0.3 is 10.0 Å². The van der Waals surface area contributed by atoms with Gasteiger partial charge in [0.25, 0.3) is 5.91 Å². The Labute approximate surface area is 119 Å². The zero-order valence-corrected chi connectivity index (χ0v) is 12.2. The Morgan fingerprint density at radius 3 is 2.45 bits per heavy atom. The van der Waals surface area contributed by atoms with Gasteiger partial charge in [-0.15, -0.1) is 0 Å². The topological polar surface area (TPSA) is 57.6 Å². The number of carbonyl (C=O) groups excluding carboxylic acids is 1. The number of carbonyl (C=O) groups is 2. The number of amides is 1. The second kappa shape index (κ2) is 5.65. The first-order valence-electron chi connectivity index (χ1n) is 7.01. The Kier molecular flexibility index (Phi) is 4.12. The average molecular weight is 275 g/mol. The van der Waals surface area contributed by atoms with Gasteiger partial charge in [-0.3, -0.25) is 9.59 Å². The van der Waals surface area contributed by atoms with E-state index in [0.29, 0.717) is 5.56 Å². The average Bonchev–Trinajstić information content (AvgIpc) is 3.22. The SMILES string of the molecule is Cc1ccc(C(=O)N(CC(C)C(=O)O)C2CC2)cc1C. The van der Waals surface area contributed by atoms with Crippen molar-refractivity contribution in [2.24, 2.45) is 5.92 Å². The van der Waals surface area contributed by atoms with Crippen molar-refractivity contribution in [3.05, 3.63) is 34.9 Å². The third-order valence-corrected chi connectivity index (χ3v) is 3.89. The molecule has 1 amide bonds. The molecule has 4 nitrogen and oxygen atoms in total. The number of benzene rings is 1. The largest absolute Gasteiger partial charge is 0.481 e. The van der Waals surface area contributed by atoms with Crippen molar-refractivity contribution >= 4 is 11.9 Å². The van der Waals surface area contributed by atoms with Crippen LogP contribution in [-0.2, 0) is 4.79 Å². The predicted octanol–water partition coefficient (Wildman–Crippen LogP) is 2.63. The van der Waals surface area contributed by atoms with Gasteiger partial charge in [-0.25, -0.2) is 0 Å². The van der Waals surface area contributed by atoms with Crippen LogP contribution in [0.15, 0.2) is 18.2 Å². The zero-order valence-electron chi connectivity index (χ0n) is 12.2. The molecule has 4 heteroatoms. The number of hydrogen-bond donors (Lipinski definition) is 1. The Balaban J connectivity index is 2.18. The normalized spacial score (nSPS) is 15.8. The fraction of sp³-hybridized carbons (Fsp3) is 0.500. The summed E-state index contributed by atoms with van der Waals surface area (Å²) in [6.45, 7) is 5.92. The molecule has 0 aromatic heterocycles. The summed E-state index contributed by atoms with van der Waals surface area (Å²) >= 11 is 0. The fourth-order valence-corrected chi connectivity index (χ4v) is 2.20. The lowest BCUT2D eigenvalue weighted by molar-refractivity contribution is -0.141. The summed E-state index contributed by atoms with van der Waals surface area (Å²) in [7, 11) is 0. The molecule has 0 spiro atoms. The number of rotatable bonds is 5. The molecular formula is C16H21NO3. The molecule has 20 heavy (non-hydrogen) atoms. The highest BCUT2D eigenvalue weighted by molar-refractivity contribution is 5.95.